The Morgan fingerprint density at radius 1 is 1.30 bits per heavy atom. The number of nitrogens with zero attached hydrogens (tertiary/aromatic N) is 1. The molecule has 0 unspecified atom stereocenters. The molecule has 0 bridgehead atoms. The van der Waals surface area contributed by atoms with E-state index in [2.05, 4.69) is 0 Å². The van der Waals surface area contributed by atoms with E-state index >= 15 is 0 Å². The molecule has 112 valence electrons. The lowest BCUT2D eigenvalue weighted by atomic mass is 10.1. The summed E-state index contributed by atoms with van der Waals surface area (Å²) in [7, 11) is -1.49. The molecule has 0 radical (unpaired) electrons. The second kappa shape index (κ2) is 7.40. The van der Waals surface area contributed by atoms with Crippen LogP contribution in [0.1, 0.15) is 12.0 Å². The third-order valence-corrected chi connectivity index (χ3v) is 4.00. The fraction of sp³-hybridized carbons (Fsp3) is 0.500. The average Bonchev–Trinajstić information content (AvgIpc) is 2.41. The molecular weight excluding hydrogens is 276 g/mol. The van der Waals surface area contributed by atoms with E-state index in [4.69, 9.17) is 5.73 Å². The van der Waals surface area contributed by atoms with Crippen LogP contribution in [0.25, 0.3) is 0 Å². The third kappa shape index (κ3) is 6.16. The van der Waals surface area contributed by atoms with Crippen molar-refractivity contribution in [3.63, 3.8) is 0 Å². The van der Waals surface area contributed by atoms with Crippen molar-refractivity contribution in [3.8, 4) is 0 Å². The van der Waals surface area contributed by atoms with Crippen LogP contribution in [0.2, 0.25) is 0 Å². The van der Waals surface area contributed by atoms with Crippen LogP contribution < -0.4 is 5.73 Å². The average molecular weight is 298 g/mol. The highest BCUT2D eigenvalue weighted by atomic mass is 32.2. The summed E-state index contributed by atoms with van der Waals surface area (Å²) in [5.41, 5.74) is 7.00. The molecule has 2 N–H and O–H groups in total. The van der Waals surface area contributed by atoms with Gasteiger partial charge in [-0.3, -0.25) is 4.79 Å². The lowest BCUT2D eigenvalue weighted by Gasteiger charge is -2.21. The van der Waals surface area contributed by atoms with Crippen molar-refractivity contribution in [2.75, 3.05) is 25.6 Å². The Hall–Kier alpha value is -1.40. The van der Waals surface area contributed by atoms with Crippen molar-refractivity contribution in [2.24, 2.45) is 5.73 Å². The first-order valence-corrected chi connectivity index (χ1v) is 8.58. The number of benzene rings is 1. The lowest BCUT2D eigenvalue weighted by molar-refractivity contribution is -0.131. The van der Waals surface area contributed by atoms with Gasteiger partial charge in [-0.05, 0) is 18.4 Å². The summed E-state index contributed by atoms with van der Waals surface area (Å²) in [6, 6.07) is 9.21. The quantitative estimate of drug-likeness (QED) is 0.792. The number of sulfone groups is 1. The summed E-state index contributed by atoms with van der Waals surface area (Å²) in [5, 5.41) is 0. The van der Waals surface area contributed by atoms with Crippen LogP contribution in [0.3, 0.4) is 0 Å². The molecule has 0 aromatic heterocycles. The van der Waals surface area contributed by atoms with Crippen molar-refractivity contribution < 1.29 is 13.2 Å². The molecule has 1 aromatic carbocycles. The van der Waals surface area contributed by atoms with Crippen LogP contribution in [0.4, 0.5) is 0 Å². The van der Waals surface area contributed by atoms with E-state index in [0.717, 1.165) is 18.2 Å². The highest BCUT2D eigenvalue weighted by molar-refractivity contribution is 7.90. The van der Waals surface area contributed by atoms with Crippen LogP contribution in [0.15, 0.2) is 30.3 Å². The molecule has 0 saturated carbocycles. The molecule has 0 aliphatic carbocycles. The van der Waals surface area contributed by atoms with E-state index in [1.807, 2.05) is 30.3 Å². The minimum Gasteiger partial charge on any atom is -0.343 e. The summed E-state index contributed by atoms with van der Waals surface area (Å²) in [5.74, 6) is -0.259. The Morgan fingerprint density at radius 3 is 2.45 bits per heavy atom. The topological polar surface area (TPSA) is 80.5 Å². The number of aryl methyl sites for hydroxylation is 1. The summed E-state index contributed by atoms with van der Waals surface area (Å²) in [6.07, 6.45) is 2.43. The van der Waals surface area contributed by atoms with Gasteiger partial charge in [0.1, 0.15) is 9.84 Å². The molecule has 0 aliphatic heterocycles. The molecule has 1 aromatic rings. The fourth-order valence-electron chi connectivity index (χ4n) is 1.79. The van der Waals surface area contributed by atoms with E-state index in [0.29, 0.717) is 6.42 Å². The first-order valence-electron chi connectivity index (χ1n) is 6.52. The third-order valence-electron chi connectivity index (χ3n) is 3.08. The molecule has 20 heavy (non-hydrogen) atoms. The Balaban J connectivity index is 2.42. The number of rotatable bonds is 7. The van der Waals surface area contributed by atoms with Gasteiger partial charge in [0.2, 0.25) is 5.91 Å². The van der Waals surface area contributed by atoms with Crippen molar-refractivity contribution in [1.82, 2.24) is 4.90 Å². The molecule has 0 spiro atoms. The van der Waals surface area contributed by atoms with Gasteiger partial charge in [-0.25, -0.2) is 8.42 Å². The number of carbonyl (C=O) groups is 1. The summed E-state index contributed by atoms with van der Waals surface area (Å²) < 4.78 is 22.1. The van der Waals surface area contributed by atoms with Gasteiger partial charge in [0, 0.05) is 19.8 Å². The number of likely N-dealkylation sites (N-methyl/N-ethyl adjacent to an activating group) is 1. The normalized spacial score (nSPS) is 12.9. The molecule has 0 aliphatic rings. The van der Waals surface area contributed by atoms with Gasteiger partial charge in [-0.15, -0.1) is 0 Å². The SMILES string of the molecule is CN(CCS(C)(=O)=O)C(=O)[C@@H](N)CCc1ccccc1. The van der Waals surface area contributed by atoms with Crippen LogP contribution >= 0.6 is 0 Å². The number of nitrogens with two attached hydrogens (primary N) is 1. The van der Waals surface area contributed by atoms with Crippen LogP contribution in [0.5, 0.6) is 0 Å². The molecule has 1 atom stereocenters. The van der Waals surface area contributed by atoms with E-state index in [1.165, 1.54) is 4.90 Å². The molecule has 0 fully saturated rings. The van der Waals surface area contributed by atoms with Gasteiger partial charge in [-0.2, -0.15) is 0 Å². The first-order chi connectivity index (χ1) is 9.29. The predicted molar refractivity (Wildman–Crippen MR) is 80.1 cm³/mol. The summed E-state index contributed by atoms with van der Waals surface area (Å²) >= 11 is 0. The monoisotopic (exact) mass is 298 g/mol. The first kappa shape index (κ1) is 16.7. The fourth-order valence-corrected chi connectivity index (χ4v) is 2.39. The van der Waals surface area contributed by atoms with E-state index in [9.17, 15) is 13.2 Å². The van der Waals surface area contributed by atoms with Crippen LogP contribution in [0, 0.1) is 0 Å². The molecule has 0 heterocycles. The minimum absolute atomic E-state index is 0.0410. The number of amides is 1. The molecule has 0 saturated heterocycles. The van der Waals surface area contributed by atoms with Gasteiger partial charge in [0.05, 0.1) is 11.8 Å². The van der Waals surface area contributed by atoms with Crippen LogP contribution in [-0.2, 0) is 21.1 Å². The molecule has 5 nitrogen and oxygen atoms in total. The minimum atomic E-state index is -3.07. The molecule has 1 rings (SSSR count). The van der Waals surface area contributed by atoms with Gasteiger partial charge in [0.15, 0.2) is 0 Å². The Labute approximate surface area is 120 Å². The van der Waals surface area contributed by atoms with E-state index < -0.39 is 15.9 Å². The standard InChI is InChI=1S/C14H22N2O3S/c1-16(10-11-20(2,18)19)14(17)13(15)9-8-12-6-4-3-5-7-12/h3-7,13H,8-11,15H2,1-2H3/t13-/m0/s1. The van der Waals surface area contributed by atoms with Crippen LogP contribution in [-0.4, -0.2) is 50.9 Å². The van der Waals surface area contributed by atoms with E-state index in [-0.39, 0.29) is 18.2 Å². The molecule has 1 amide bonds. The maximum atomic E-state index is 12.0. The van der Waals surface area contributed by atoms with Crippen molar-refractivity contribution in [3.05, 3.63) is 35.9 Å². The predicted octanol–water partition coefficient (Wildman–Crippen LogP) is 0.450. The number of hydrogen-bond donors (Lipinski definition) is 1. The summed E-state index contributed by atoms with van der Waals surface area (Å²) in [6.45, 7) is 0.177. The maximum Gasteiger partial charge on any atom is 0.239 e. The van der Waals surface area contributed by atoms with Gasteiger partial charge < -0.3 is 10.6 Å². The largest absolute Gasteiger partial charge is 0.343 e. The second-order valence-electron chi connectivity index (χ2n) is 5.02. The van der Waals surface area contributed by atoms with Gasteiger partial charge in [0.25, 0.3) is 0 Å². The van der Waals surface area contributed by atoms with E-state index in [1.54, 1.807) is 7.05 Å². The van der Waals surface area contributed by atoms with Gasteiger partial charge in [-0.1, -0.05) is 30.3 Å². The number of hydrogen-bond acceptors (Lipinski definition) is 4. The Morgan fingerprint density at radius 2 is 1.90 bits per heavy atom. The second-order valence-corrected chi connectivity index (χ2v) is 7.28. The lowest BCUT2D eigenvalue weighted by Crippen LogP contribution is -2.43. The van der Waals surface area contributed by atoms with Crippen molar-refractivity contribution in [2.45, 2.75) is 18.9 Å². The molecule has 6 heteroatoms. The highest BCUT2D eigenvalue weighted by Gasteiger charge is 2.18. The van der Waals surface area contributed by atoms with Crippen molar-refractivity contribution in [1.29, 1.82) is 0 Å². The summed E-state index contributed by atoms with van der Waals surface area (Å²) in [4.78, 5) is 13.4. The zero-order valence-electron chi connectivity index (χ0n) is 12.0. The smallest absolute Gasteiger partial charge is 0.239 e. The zero-order valence-corrected chi connectivity index (χ0v) is 12.8. The Kier molecular flexibility index (Phi) is 6.16. The number of carbonyl (C=O) groups excluding carboxylic acids is 1. The van der Waals surface area contributed by atoms with Gasteiger partial charge >= 0.3 is 0 Å². The Bertz CT molecular complexity index is 529. The van der Waals surface area contributed by atoms with Crippen molar-refractivity contribution >= 4 is 15.7 Å². The zero-order chi connectivity index (χ0) is 15.2. The maximum absolute atomic E-state index is 12.0. The molecular formula is C14H22N2O3S. The highest BCUT2D eigenvalue weighted by Crippen LogP contribution is 2.05.